The van der Waals surface area contributed by atoms with E-state index in [1.165, 1.54) is 0 Å². The van der Waals surface area contributed by atoms with Crippen LogP contribution in [0.4, 0.5) is 10.5 Å². The van der Waals surface area contributed by atoms with Crippen molar-refractivity contribution in [3.05, 3.63) is 28.2 Å². The lowest BCUT2D eigenvalue weighted by Gasteiger charge is -2.35. The van der Waals surface area contributed by atoms with Gasteiger partial charge in [-0.3, -0.25) is 0 Å². The Kier molecular flexibility index (Phi) is 6.05. The molecule has 0 unspecified atom stereocenters. The second-order valence-electron chi connectivity index (χ2n) is 4.93. The Balaban J connectivity index is 1.91. The van der Waals surface area contributed by atoms with E-state index in [1.807, 2.05) is 0 Å². The number of nitrogens with one attached hydrogen (secondary N) is 2. The summed E-state index contributed by atoms with van der Waals surface area (Å²) in [7, 11) is 0. The summed E-state index contributed by atoms with van der Waals surface area (Å²) in [6, 6.07) is 4.68. The molecule has 2 amide bonds. The van der Waals surface area contributed by atoms with Crippen LogP contribution in [-0.4, -0.2) is 36.8 Å². The molecule has 2 N–H and O–H groups in total. The molecule has 0 atom stereocenters. The predicted octanol–water partition coefficient (Wildman–Crippen LogP) is 4.03. The first kappa shape index (κ1) is 16.7. The molecular formula is C14H18Cl2N2O2S. The number of benzene rings is 1. The van der Waals surface area contributed by atoms with E-state index < -0.39 is 0 Å². The fraction of sp³-hybridized carbons (Fsp3) is 0.500. The number of anilines is 1. The van der Waals surface area contributed by atoms with Crippen LogP contribution in [0.2, 0.25) is 10.0 Å². The standard InChI is InChI=1S/C14H18Cl2N2O2S/c1-21-14(4-6-20-7-5-14)9-17-13(19)18-12-8-10(15)2-3-11(12)16/h2-3,8H,4-7,9H2,1H3,(H2,17,18,19). The first-order chi connectivity index (χ1) is 10.0. The van der Waals surface area contributed by atoms with Crippen molar-refractivity contribution in [2.24, 2.45) is 0 Å². The second kappa shape index (κ2) is 7.58. The summed E-state index contributed by atoms with van der Waals surface area (Å²) >= 11 is 13.7. The lowest BCUT2D eigenvalue weighted by Crippen LogP contribution is -2.45. The highest BCUT2D eigenvalue weighted by atomic mass is 35.5. The summed E-state index contributed by atoms with van der Waals surface area (Å²) in [5, 5.41) is 6.62. The van der Waals surface area contributed by atoms with Gasteiger partial charge in [-0.15, -0.1) is 0 Å². The number of amides is 2. The van der Waals surface area contributed by atoms with Crippen LogP contribution in [0.3, 0.4) is 0 Å². The van der Waals surface area contributed by atoms with Crippen molar-refractivity contribution in [2.45, 2.75) is 17.6 Å². The van der Waals surface area contributed by atoms with E-state index >= 15 is 0 Å². The van der Waals surface area contributed by atoms with Crippen LogP contribution < -0.4 is 10.6 Å². The summed E-state index contributed by atoms with van der Waals surface area (Å²) in [6.07, 6.45) is 3.94. The minimum atomic E-state index is -0.279. The van der Waals surface area contributed by atoms with Crippen LogP contribution in [0.5, 0.6) is 0 Å². The summed E-state index contributed by atoms with van der Waals surface area (Å²) in [5.41, 5.74) is 0.506. The molecule has 1 aliphatic heterocycles. The van der Waals surface area contributed by atoms with Gasteiger partial charge < -0.3 is 15.4 Å². The van der Waals surface area contributed by atoms with Gasteiger partial charge in [-0.05, 0) is 37.3 Å². The number of carbonyl (C=O) groups excluding carboxylic acids is 1. The Morgan fingerprint density at radius 1 is 1.38 bits per heavy atom. The van der Waals surface area contributed by atoms with E-state index in [9.17, 15) is 4.79 Å². The van der Waals surface area contributed by atoms with Gasteiger partial charge in [0.05, 0.1) is 10.7 Å². The first-order valence-corrected chi connectivity index (χ1v) is 8.65. The molecule has 1 heterocycles. The maximum absolute atomic E-state index is 12.0. The number of hydrogen-bond donors (Lipinski definition) is 2. The van der Waals surface area contributed by atoms with Gasteiger partial charge >= 0.3 is 6.03 Å². The van der Waals surface area contributed by atoms with Gasteiger partial charge in [0.1, 0.15) is 0 Å². The third kappa shape index (κ3) is 4.68. The summed E-state index contributed by atoms with van der Waals surface area (Å²) in [6.45, 7) is 2.08. The molecule has 4 nitrogen and oxygen atoms in total. The van der Waals surface area contributed by atoms with Gasteiger partial charge in [-0.2, -0.15) is 11.8 Å². The van der Waals surface area contributed by atoms with Gasteiger partial charge in [0, 0.05) is 29.5 Å². The molecule has 1 saturated heterocycles. The normalized spacial score (nSPS) is 17.3. The predicted molar refractivity (Wildman–Crippen MR) is 89.8 cm³/mol. The summed E-state index contributed by atoms with van der Waals surface area (Å²) in [5.74, 6) is 0. The van der Waals surface area contributed by atoms with Crippen LogP contribution in [0.1, 0.15) is 12.8 Å². The lowest BCUT2D eigenvalue weighted by molar-refractivity contribution is 0.0778. The molecule has 0 bridgehead atoms. The molecule has 0 aromatic heterocycles. The molecule has 1 fully saturated rings. The number of halogens is 2. The Labute approximate surface area is 138 Å². The van der Waals surface area contributed by atoms with E-state index in [1.54, 1.807) is 30.0 Å². The largest absolute Gasteiger partial charge is 0.381 e. The highest BCUT2D eigenvalue weighted by Gasteiger charge is 2.32. The van der Waals surface area contributed by atoms with Crippen molar-refractivity contribution < 1.29 is 9.53 Å². The molecule has 1 aliphatic rings. The zero-order chi connectivity index (χ0) is 15.3. The number of rotatable bonds is 4. The molecule has 1 aromatic rings. The van der Waals surface area contributed by atoms with E-state index in [0.717, 1.165) is 26.1 Å². The Morgan fingerprint density at radius 2 is 2.10 bits per heavy atom. The van der Waals surface area contributed by atoms with Crippen molar-refractivity contribution in [2.75, 3.05) is 31.3 Å². The monoisotopic (exact) mass is 348 g/mol. The van der Waals surface area contributed by atoms with Crippen LogP contribution in [0.15, 0.2) is 18.2 Å². The van der Waals surface area contributed by atoms with E-state index in [4.69, 9.17) is 27.9 Å². The van der Waals surface area contributed by atoms with Gasteiger partial charge in [0.25, 0.3) is 0 Å². The van der Waals surface area contributed by atoms with E-state index in [2.05, 4.69) is 16.9 Å². The molecule has 0 spiro atoms. The number of carbonyl (C=O) groups is 1. The second-order valence-corrected chi connectivity index (χ2v) is 7.05. The maximum Gasteiger partial charge on any atom is 0.319 e. The highest BCUT2D eigenvalue weighted by molar-refractivity contribution is 8.00. The van der Waals surface area contributed by atoms with Crippen LogP contribution in [0.25, 0.3) is 0 Å². The summed E-state index contributed by atoms with van der Waals surface area (Å²) in [4.78, 5) is 12.0. The molecule has 116 valence electrons. The Morgan fingerprint density at radius 3 is 2.76 bits per heavy atom. The van der Waals surface area contributed by atoms with Gasteiger partial charge in [0.15, 0.2) is 0 Å². The van der Waals surface area contributed by atoms with Crippen molar-refractivity contribution in [1.82, 2.24) is 5.32 Å². The molecule has 21 heavy (non-hydrogen) atoms. The minimum Gasteiger partial charge on any atom is -0.381 e. The molecule has 0 aliphatic carbocycles. The molecular weight excluding hydrogens is 331 g/mol. The zero-order valence-corrected chi connectivity index (χ0v) is 14.1. The number of urea groups is 1. The van der Waals surface area contributed by atoms with E-state index in [-0.39, 0.29) is 10.8 Å². The lowest BCUT2D eigenvalue weighted by atomic mass is 9.99. The topological polar surface area (TPSA) is 50.4 Å². The molecule has 1 aromatic carbocycles. The smallest absolute Gasteiger partial charge is 0.319 e. The first-order valence-electron chi connectivity index (χ1n) is 6.67. The summed E-state index contributed by atoms with van der Waals surface area (Å²) < 4.78 is 5.43. The highest BCUT2D eigenvalue weighted by Crippen LogP contribution is 2.33. The maximum atomic E-state index is 12.0. The Hall–Kier alpha value is -0.620. The number of thioether (sulfide) groups is 1. The van der Waals surface area contributed by atoms with Crippen molar-refractivity contribution >= 4 is 46.7 Å². The fourth-order valence-electron chi connectivity index (χ4n) is 2.20. The SMILES string of the molecule is CSC1(CNC(=O)Nc2cc(Cl)ccc2Cl)CCOCC1. The van der Waals surface area contributed by atoms with Gasteiger partial charge in [-0.1, -0.05) is 23.2 Å². The van der Waals surface area contributed by atoms with Crippen LogP contribution in [0, 0.1) is 0 Å². The fourth-order valence-corrected chi connectivity index (χ4v) is 3.33. The average Bonchev–Trinajstić information content (AvgIpc) is 2.50. The number of ether oxygens (including phenoxy) is 1. The average molecular weight is 349 g/mol. The third-order valence-electron chi connectivity index (χ3n) is 3.58. The van der Waals surface area contributed by atoms with Crippen molar-refractivity contribution in [3.63, 3.8) is 0 Å². The molecule has 0 saturated carbocycles. The zero-order valence-electron chi connectivity index (χ0n) is 11.7. The molecule has 2 rings (SSSR count). The molecule has 7 heteroatoms. The third-order valence-corrected chi connectivity index (χ3v) is 5.57. The molecule has 0 radical (unpaired) electrons. The van der Waals surface area contributed by atoms with Gasteiger partial charge in [0.2, 0.25) is 0 Å². The quantitative estimate of drug-likeness (QED) is 0.863. The van der Waals surface area contributed by atoms with Crippen molar-refractivity contribution in [1.29, 1.82) is 0 Å². The number of hydrogen-bond acceptors (Lipinski definition) is 3. The van der Waals surface area contributed by atoms with Crippen LogP contribution >= 0.6 is 35.0 Å². The van der Waals surface area contributed by atoms with Crippen molar-refractivity contribution in [3.8, 4) is 0 Å². The Bertz CT molecular complexity index is 508. The van der Waals surface area contributed by atoms with E-state index in [0.29, 0.717) is 22.3 Å². The van der Waals surface area contributed by atoms with Crippen LogP contribution in [-0.2, 0) is 4.74 Å². The minimum absolute atomic E-state index is 0.0493. The van der Waals surface area contributed by atoms with Gasteiger partial charge in [-0.25, -0.2) is 4.79 Å².